The quantitative estimate of drug-likeness (QED) is 0.776. The molecule has 110 valence electrons. The highest BCUT2D eigenvalue weighted by atomic mass is 16.3. The molecule has 2 heterocycles. The van der Waals surface area contributed by atoms with E-state index >= 15 is 0 Å². The van der Waals surface area contributed by atoms with Crippen molar-refractivity contribution in [3.63, 3.8) is 0 Å². The maximum atomic E-state index is 10.2. The van der Waals surface area contributed by atoms with Crippen LogP contribution in [-0.4, -0.2) is 65.3 Å². The fourth-order valence-corrected chi connectivity index (χ4v) is 4.17. The van der Waals surface area contributed by atoms with Crippen LogP contribution in [0.4, 0.5) is 0 Å². The van der Waals surface area contributed by atoms with Crippen molar-refractivity contribution in [3.05, 3.63) is 0 Å². The Labute approximate surface area is 116 Å². The molecule has 0 amide bonds. The lowest BCUT2D eigenvalue weighted by atomic mass is 9.91. The van der Waals surface area contributed by atoms with E-state index in [-0.39, 0.29) is 6.10 Å². The van der Waals surface area contributed by atoms with Crippen molar-refractivity contribution in [2.75, 3.05) is 26.2 Å². The molecule has 4 nitrogen and oxygen atoms in total. The van der Waals surface area contributed by atoms with Crippen LogP contribution in [0.2, 0.25) is 0 Å². The van der Waals surface area contributed by atoms with Crippen LogP contribution in [0, 0.1) is 0 Å². The Kier molecular flexibility index (Phi) is 4.42. The number of hydrogen-bond acceptors (Lipinski definition) is 4. The summed E-state index contributed by atoms with van der Waals surface area (Å²) in [5, 5.41) is 10.2. The second-order valence-corrected chi connectivity index (χ2v) is 6.73. The molecule has 0 bridgehead atoms. The van der Waals surface area contributed by atoms with E-state index in [4.69, 9.17) is 5.73 Å². The largest absolute Gasteiger partial charge is 0.391 e. The zero-order valence-corrected chi connectivity index (χ0v) is 12.0. The van der Waals surface area contributed by atoms with Crippen LogP contribution < -0.4 is 5.73 Å². The van der Waals surface area contributed by atoms with Gasteiger partial charge >= 0.3 is 0 Å². The molecule has 3 aliphatic rings. The van der Waals surface area contributed by atoms with Crippen molar-refractivity contribution in [3.8, 4) is 0 Å². The highest BCUT2D eigenvalue weighted by molar-refractivity contribution is 4.92. The smallest absolute Gasteiger partial charge is 0.0695 e. The average molecular weight is 267 g/mol. The Morgan fingerprint density at radius 2 is 1.53 bits per heavy atom. The highest BCUT2D eigenvalue weighted by Crippen LogP contribution is 2.28. The Morgan fingerprint density at radius 1 is 0.842 bits per heavy atom. The number of likely N-dealkylation sites (tertiary alicyclic amines) is 2. The summed E-state index contributed by atoms with van der Waals surface area (Å²) >= 11 is 0. The van der Waals surface area contributed by atoms with Crippen molar-refractivity contribution in [2.45, 2.75) is 69.2 Å². The normalized spacial score (nSPS) is 39.8. The summed E-state index contributed by atoms with van der Waals surface area (Å²) in [4.78, 5) is 5.20. The lowest BCUT2D eigenvalue weighted by Gasteiger charge is -2.37. The fourth-order valence-electron chi connectivity index (χ4n) is 4.17. The van der Waals surface area contributed by atoms with Crippen LogP contribution in [0.5, 0.6) is 0 Å². The monoisotopic (exact) mass is 267 g/mol. The third kappa shape index (κ3) is 3.13. The summed E-state index contributed by atoms with van der Waals surface area (Å²) in [6, 6.07) is 1.57. The molecule has 3 unspecified atom stereocenters. The maximum absolute atomic E-state index is 10.2. The molecule has 1 saturated carbocycles. The first-order valence-corrected chi connectivity index (χ1v) is 8.16. The van der Waals surface area contributed by atoms with Gasteiger partial charge in [-0.2, -0.15) is 0 Å². The summed E-state index contributed by atoms with van der Waals surface area (Å²) in [6.45, 7) is 4.69. The minimum Gasteiger partial charge on any atom is -0.391 e. The second kappa shape index (κ2) is 6.08. The predicted molar refractivity (Wildman–Crippen MR) is 77.0 cm³/mol. The van der Waals surface area contributed by atoms with E-state index in [0.29, 0.717) is 18.1 Å². The maximum Gasteiger partial charge on any atom is 0.0695 e. The van der Waals surface area contributed by atoms with Gasteiger partial charge in [0, 0.05) is 31.2 Å². The lowest BCUT2D eigenvalue weighted by molar-refractivity contribution is 0.0265. The molecular formula is C15H29N3O. The average Bonchev–Trinajstić information content (AvgIpc) is 2.89. The summed E-state index contributed by atoms with van der Waals surface area (Å²) in [6.07, 6.45) is 8.20. The number of aliphatic hydroxyl groups is 1. The summed E-state index contributed by atoms with van der Waals surface area (Å²) in [5.74, 6) is 0. The van der Waals surface area contributed by atoms with Crippen molar-refractivity contribution < 1.29 is 5.11 Å². The SMILES string of the molecule is NC1CCN(C2CCN(C3CCCCC3O)C2)CC1. The first-order valence-electron chi connectivity index (χ1n) is 8.16. The molecule has 0 aromatic rings. The number of piperidine rings is 1. The first kappa shape index (κ1) is 13.8. The van der Waals surface area contributed by atoms with Crippen LogP contribution in [0.15, 0.2) is 0 Å². The van der Waals surface area contributed by atoms with E-state index in [1.54, 1.807) is 0 Å². The second-order valence-electron chi connectivity index (χ2n) is 6.73. The van der Waals surface area contributed by atoms with Gasteiger partial charge in [0.25, 0.3) is 0 Å². The molecule has 19 heavy (non-hydrogen) atoms. The van der Waals surface area contributed by atoms with E-state index in [0.717, 1.165) is 25.8 Å². The van der Waals surface area contributed by atoms with Gasteiger partial charge in [-0.05, 0) is 45.2 Å². The summed E-state index contributed by atoms with van der Waals surface area (Å²) in [5.41, 5.74) is 5.99. The van der Waals surface area contributed by atoms with Gasteiger partial charge < -0.3 is 10.8 Å². The highest BCUT2D eigenvalue weighted by Gasteiger charge is 2.36. The Bertz CT molecular complexity index is 291. The molecule has 0 aromatic carbocycles. The predicted octanol–water partition coefficient (Wildman–Crippen LogP) is 0.787. The standard InChI is InChI=1S/C15H29N3O/c16-12-5-8-17(9-6-12)13-7-10-18(11-13)14-3-1-2-4-15(14)19/h12-15,19H,1-11,16H2. The molecule has 4 heteroatoms. The van der Waals surface area contributed by atoms with Crippen LogP contribution in [0.25, 0.3) is 0 Å². The fraction of sp³-hybridized carbons (Fsp3) is 1.00. The van der Waals surface area contributed by atoms with Crippen LogP contribution in [-0.2, 0) is 0 Å². The third-order valence-corrected chi connectivity index (χ3v) is 5.45. The number of rotatable bonds is 2. The number of aliphatic hydroxyl groups excluding tert-OH is 1. The van der Waals surface area contributed by atoms with E-state index in [9.17, 15) is 5.11 Å². The molecule has 0 radical (unpaired) electrons. The molecule has 0 aromatic heterocycles. The number of nitrogens with two attached hydrogens (primary N) is 1. The van der Waals surface area contributed by atoms with Gasteiger partial charge in [-0.25, -0.2) is 0 Å². The van der Waals surface area contributed by atoms with Crippen molar-refractivity contribution in [1.82, 2.24) is 9.80 Å². The number of hydrogen-bond donors (Lipinski definition) is 2. The summed E-state index contributed by atoms with van der Waals surface area (Å²) in [7, 11) is 0. The van der Waals surface area contributed by atoms with Gasteiger partial charge in [-0.1, -0.05) is 12.8 Å². The van der Waals surface area contributed by atoms with E-state index in [1.165, 1.54) is 45.3 Å². The van der Waals surface area contributed by atoms with Crippen LogP contribution in [0.3, 0.4) is 0 Å². The van der Waals surface area contributed by atoms with E-state index in [2.05, 4.69) is 9.80 Å². The van der Waals surface area contributed by atoms with Crippen molar-refractivity contribution in [2.24, 2.45) is 5.73 Å². The Morgan fingerprint density at radius 3 is 2.26 bits per heavy atom. The zero-order valence-electron chi connectivity index (χ0n) is 12.0. The lowest BCUT2D eigenvalue weighted by Crippen LogP contribution is -2.48. The van der Waals surface area contributed by atoms with Gasteiger partial charge in [-0.3, -0.25) is 9.80 Å². The molecule has 3 fully saturated rings. The molecule has 2 aliphatic heterocycles. The molecule has 2 saturated heterocycles. The van der Waals surface area contributed by atoms with Crippen molar-refractivity contribution >= 4 is 0 Å². The minimum absolute atomic E-state index is 0.0812. The minimum atomic E-state index is -0.0812. The topological polar surface area (TPSA) is 52.7 Å². The van der Waals surface area contributed by atoms with E-state index in [1.807, 2.05) is 0 Å². The van der Waals surface area contributed by atoms with Gasteiger partial charge in [-0.15, -0.1) is 0 Å². The van der Waals surface area contributed by atoms with E-state index < -0.39 is 0 Å². The van der Waals surface area contributed by atoms with Crippen LogP contribution in [0.1, 0.15) is 44.9 Å². The molecule has 3 atom stereocenters. The third-order valence-electron chi connectivity index (χ3n) is 5.45. The molecule has 1 aliphatic carbocycles. The van der Waals surface area contributed by atoms with Crippen LogP contribution >= 0.6 is 0 Å². The Balaban J connectivity index is 1.52. The van der Waals surface area contributed by atoms with Gasteiger partial charge in [0.05, 0.1) is 6.10 Å². The van der Waals surface area contributed by atoms with Gasteiger partial charge in [0.2, 0.25) is 0 Å². The molecule has 3 N–H and O–H groups in total. The summed E-state index contributed by atoms with van der Waals surface area (Å²) < 4.78 is 0. The van der Waals surface area contributed by atoms with Gasteiger partial charge in [0.15, 0.2) is 0 Å². The van der Waals surface area contributed by atoms with Gasteiger partial charge in [0.1, 0.15) is 0 Å². The Hall–Kier alpha value is -0.160. The van der Waals surface area contributed by atoms with Crippen molar-refractivity contribution in [1.29, 1.82) is 0 Å². The molecule has 3 rings (SSSR count). The molecular weight excluding hydrogens is 238 g/mol. The zero-order chi connectivity index (χ0) is 13.2. The first-order chi connectivity index (χ1) is 9.24. The number of nitrogens with zero attached hydrogens (tertiary/aromatic N) is 2. The molecule has 0 spiro atoms.